The maximum atomic E-state index is 10.4. The predicted molar refractivity (Wildman–Crippen MR) is 84.7 cm³/mol. The molecule has 1 N–H and O–H groups in total. The highest BCUT2D eigenvalue weighted by Crippen LogP contribution is 2.29. The van der Waals surface area contributed by atoms with Crippen molar-refractivity contribution >= 4 is 34.2 Å². The number of fused-ring (bicyclic) bond motifs is 1. The molecule has 0 radical (unpaired) electrons. The van der Waals surface area contributed by atoms with Crippen LogP contribution in [0.4, 0.5) is 0 Å². The van der Waals surface area contributed by atoms with E-state index in [0.29, 0.717) is 16.5 Å². The number of benzene rings is 2. The van der Waals surface area contributed by atoms with E-state index in [0.717, 1.165) is 22.2 Å². The normalized spacial score (nSPS) is 12.5. The fraction of sp³-hybridized carbons (Fsp3) is 0.125. The highest BCUT2D eigenvalue weighted by atomic mass is 35.5. The minimum atomic E-state index is -0.674. The number of nitrogens with zero attached hydrogens (tertiary/aromatic N) is 2. The Labute approximate surface area is 132 Å². The molecule has 0 spiro atoms. The van der Waals surface area contributed by atoms with Gasteiger partial charge in [0.15, 0.2) is 0 Å². The summed E-state index contributed by atoms with van der Waals surface area (Å²) in [6.07, 6.45) is 2.99. The molecule has 0 bridgehead atoms. The zero-order valence-electron chi connectivity index (χ0n) is 11.0. The first-order valence-electron chi connectivity index (χ1n) is 6.47. The minimum absolute atomic E-state index is 0.394. The summed E-state index contributed by atoms with van der Waals surface area (Å²) in [5, 5.41) is 11.4. The van der Waals surface area contributed by atoms with Crippen LogP contribution in [0.5, 0.6) is 0 Å². The van der Waals surface area contributed by atoms with Crippen LogP contribution in [0.3, 0.4) is 0 Å². The monoisotopic (exact) mass is 318 g/mol. The van der Waals surface area contributed by atoms with Gasteiger partial charge in [0, 0.05) is 18.8 Å². The van der Waals surface area contributed by atoms with Gasteiger partial charge in [-0.3, -0.25) is 9.97 Å². The van der Waals surface area contributed by atoms with Crippen LogP contribution in [0.15, 0.2) is 48.8 Å². The van der Waals surface area contributed by atoms with Gasteiger partial charge in [-0.1, -0.05) is 41.4 Å². The molecule has 5 heteroatoms. The number of hydrogen-bond donors (Lipinski definition) is 1. The smallest absolute Gasteiger partial charge is 0.0890 e. The number of hydrogen-bond acceptors (Lipinski definition) is 3. The molecule has 1 atom stereocenters. The summed E-state index contributed by atoms with van der Waals surface area (Å²) in [4.78, 5) is 8.45. The average molecular weight is 319 g/mol. The van der Waals surface area contributed by atoms with Crippen molar-refractivity contribution in [3.8, 4) is 0 Å². The van der Waals surface area contributed by atoms with Crippen LogP contribution < -0.4 is 0 Å². The number of aliphatic hydroxyl groups excluding tert-OH is 1. The minimum Gasteiger partial charge on any atom is -0.388 e. The van der Waals surface area contributed by atoms with Gasteiger partial charge in [0.05, 0.1) is 27.2 Å². The number of aliphatic hydroxyl groups is 1. The van der Waals surface area contributed by atoms with E-state index in [4.69, 9.17) is 23.2 Å². The molecule has 0 aliphatic rings. The molecule has 0 fully saturated rings. The molecule has 21 heavy (non-hydrogen) atoms. The molecule has 3 rings (SSSR count). The molecule has 2 aromatic carbocycles. The van der Waals surface area contributed by atoms with E-state index < -0.39 is 6.10 Å². The van der Waals surface area contributed by atoms with Gasteiger partial charge < -0.3 is 5.11 Å². The van der Waals surface area contributed by atoms with E-state index in [2.05, 4.69) is 9.97 Å². The number of halogens is 2. The highest BCUT2D eigenvalue weighted by molar-refractivity contribution is 6.42. The number of aromatic nitrogens is 2. The van der Waals surface area contributed by atoms with Crippen molar-refractivity contribution in [2.24, 2.45) is 0 Å². The van der Waals surface area contributed by atoms with Crippen molar-refractivity contribution < 1.29 is 5.11 Å². The Balaban J connectivity index is 1.89. The molecule has 1 unspecified atom stereocenters. The molecule has 0 saturated carbocycles. The number of rotatable bonds is 3. The van der Waals surface area contributed by atoms with Gasteiger partial charge in [-0.2, -0.15) is 0 Å². The SMILES string of the molecule is OC(Cc1cccc(Cl)c1Cl)c1ccc2nccnc2c1. The van der Waals surface area contributed by atoms with E-state index in [1.165, 1.54) is 0 Å². The Kier molecular flexibility index (Phi) is 4.06. The molecular formula is C16H12Cl2N2O. The first-order valence-corrected chi connectivity index (χ1v) is 7.22. The molecule has 1 heterocycles. The van der Waals surface area contributed by atoms with Crippen molar-refractivity contribution in [3.05, 3.63) is 70.0 Å². The molecule has 0 amide bonds. The van der Waals surface area contributed by atoms with Crippen LogP contribution in [-0.4, -0.2) is 15.1 Å². The van der Waals surface area contributed by atoms with E-state index in [9.17, 15) is 5.11 Å². The predicted octanol–water partition coefficient (Wildman–Crippen LogP) is 4.21. The second-order valence-corrected chi connectivity index (χ2v) is 5.52. The van der Waals surface area contributed by atoms with Crippen LogP contribution in [0.2, 0.25) is 10.0 Å². The van der Waals surface area contributed by atoms with Gasteiger partial charge >= 0.3 is 0 Å². The van der Waals surface area contributed by atoms with Crippen molar-refractivity contribution in [2.45, 2.75) is 12.5 Å². The quantitative estimate of drug-likeness (QED) is 0.786. The molecule has 0 aliphatic carbocycles. The maximum Gasteiger partial charge on any atom is 0.0890 e. The molecule has 0 saturated heterocycles. The second kappa shape index (κ2) is 5.98. The summed E-state index contributed by atoms with van der Waals surface area (Å²) in [6, 6.07) is 10.9. The Hall–Kier alpha value is -1.68. The van der Waals surface area contributed by atoms with Gasteiger partial charge in [0.1, 0.15) is 0 Å². The lowest BCUT2D eigenvalue weighted by Crippen LogP contribution is -2.03. The third-order valence-corrected chi connectivity index (χ3v) is 4.18. The van der Waals surface area contributed by atoms with Gasteiger partial charge in [-0.05, 0) is 29.3 Å². The van der Waals surface area contributed by atoms with Gasteiger partial charge in [0.2, 0.25) is 0 Å². The second-order valence-electron chi connectivity index (χ2n) is 4.74. The zero-order valence-corrected chi connectivity index (χ0v) is 12.5. The lowest BCUT2D eigenvalue weighted by molar-refractivity contribution is 0.178. The third kappa shape index (κ3) is 3.00. The van der Waals surface area contributed by atoms with Crippen molar-refractivity contribution in [2.75, 3.05) is 0 Å². The fourth-order valence-corrected chi connectivity index (χ4v) is 2.62. The summed E-state index contributed by atoms with van der Waals surface area (Å²) in [6.45, 7) is 0. The summed E-state index contributed by atoms with van der Waals surface area (Å²) >= 11 is 12.1. The molecule has 1 aromatic heterocycles. The Morgan fingerprint density at radius 3 is 2.57 bits per heavy atom. The van der Waals surface area contributed by atoms with E-state index in [-0.39, 0.29) is 0 Å². The van der Waals surface area contributed by atoms with Gasteiger partial charge in [-0.15, -0.1) is 0 Å². The molecule has 3 aromatic rings. The van der Waals surface area contributed by atoms with E-state index in [1.807, 2.05) is 30.3 Å². The molecular weight excluding hydrogens is 307 g/mol. The molecule has 106 valence electrons. The summed E-state index contributed by atoms with van der Waals surface area (Å²) in [5.41, 5.74) is 3.15. The van der Waals surface area contributed by atoms with Crippen LogP contribution >= 0.6 is 23.2 Å². The Bertz CT molecular complexity index is 792. The molecule has 3 nitrogen and oxygen atoms in total. The Morgan fingerprint density at radius 1 is 1.00 bits per heavy atom. The largest absolute Gasteiger partial charge is 0.388 e. The van der Waals surface area contributed by atoms with Crippen LogP contribution in [-0.2, 0) is 6.42 Å². The van der Waals surface area contributed by atoms with Gasteiger partial charge in [0.25, 0.3) is 0 Å². The average Bonchev–Trinajstić information content (AvgIpc) is 2.51. The first-order chi connectivity index (χ1) is 10.1. The van der Waals surface area contributed by atoms with Crippen molar-refractivity contribution in [1.82, 2.24) is 9.97 Å². The van der Waals surface area contributed by atoms with E-state index >= 15 is 0 Å². The van der Waals surface area contributed by atoms with Crippen molar-refractivity contribution in [1.29, 1.82) is 0 Å². The Morgan fingerprint density at radius 2 is 1.76 bits per heavy atom. The third-order valence-electron chi connectivity index (χ3n) is 3.32. The zero-order chi connectivity index (χ0) is 14.8. The fourth-order valence-electron chi connectivity index (χ4n) is 2.22. The highest BCUT2D eigenvalue weighted by Gasteiger charge is 2.13. The summed E-state index contributed by atoms with van der Waals surface area (Å²) in [5.74, 6) is 0. The summed E-state index contributed by atoms with van der Waals surface area (Å²) in [7, 11) is 0. The van der Waals surface area contributed by atoms with E-state index in [1.54, 1.807) is 18.5 Å². The first kappa shape index (κ1) is 14.3. The van der Waals surface area contributed by atoms with Gasteiger partial charge in [-0.25, -0.2) is 0 Å². The van der Waals surface area contributed by atoms with Crippen LogP contribution in [0.25, 0.3) is 11.0 Å². The lowest BCUT2D eigenvalue weighted by Gasteiger charge is -2.13. The lowest BCUT2D eigenvalue weighted by atomic mass is 10.0. The molecule has 0 aliphatic heterocycles. The van der Waals surface area contributed by atoms with Crippen molar-refractivity contribution in [3.63, 3.8) is 0 Å². The van der Waals surface area contributed by atoms with Crippen LogP contribution in [0, 0.1) is 0 Å². The standard InChI is InChI=1S/C16H12Cl2N2O/c17-12-3-1-2-11(16(12)18)9-15(21)10-4-5-13-14(8-10)20-7-6-19-13/h1-8,15,21H,9H2. The maximum absolute atomic E-state index is 10.4. The van der Waals surface area contributed by atoms with Crippen LogP contribution in [0.1, 0.15) is 17.2 Å². The topological polar surface area (TPSA) is 46.0 Å². The summed E-state index contributed by atoms with van der Waals surface area (Å²) < 4.78 is 0.